The number of Topliss-reactive ketones (excluding diaryl/α,β-unsaturated/α-hetero) is 1. The van der Waals surface area contributed by atoms with Gasteiger partial charge in [0.15, 0.2) is 9.84 Å². The van der Waals surface area contributed by atoms with Crippen LogP contribution in [0.3, 0.4) is 0 Å². The lowest BCUT2D eigenvalue weighted by molar-refractivity contribution is -0.116. The molecule has 0 saturated carbocycles. The van der Waals surface area contributed by atoms with Gasteiger partial charge in [0.2, 0.25) is 0 Å². The van der Waals surface area contributed by atoms with Crippen molar-refractivity contribution in [3.63, 3.8) is 0 Å². The normalized spacial score (nSPS) is 11.8. The topological polar surface area (TPSA) is 71.4 Å². The van der Waals surface area contributed by atoms with Crippen molar-refractivity contribution >= 4 is 15.6 Å². The molecule has 0 aliphatic rings. The molecule has 0 saturated heterocycles. The summed E-state index contributed by atoms with van der Waals surface area (Å²) in [5.41, 5.74) is -0.604. The molecule has 0 aliphatic carbocycles. The second-order valence-corrected chi connectivity index (χ2v) is 6.73. The number of carbonyl (C=O) groups is 1. The van der Waals surface area contributed by atoms with Gasteiger partial charge in [-0.05, 0) is 31.5 Å². The van der Waals surface area contributed by atoms with Crippen LogP contribution in [0.2, 0.25) is 0 Å². The van der Waals surface area contributed by atoms with Crippen molar-refractivity contribution in [3.05, 3.63) is 29.8 Å². The minimum Gasteiger partial charge on any atom is -0.386 e. The lowest BCUT2D eigenvalue weighted by Gasteiger charge is -2.18. The maximum absolute atomic E-state index is 12.0. The van der Waals surface area contributed by atoms with Crippen molar-refractivity contribution in [2.24, 2.45) is 0 Å². The Labute approximate surface area is 115 Å². The van der Waals surface area contributed by atoms with Crippen LogP contribution >= 0.6 is 0 Å². The molecule has 0 radical (unpaired) electrons. The van der Waals surface area contributed by atoms with E-state index in [-0.39, 0.29) is 24.5 Å². The van der Waals surface area contributed by atoms with Crippen LogP contribution in [0.25, 0.3) is 0 Å². The Bertz CT molecular complexity index is 539. The number of ketones is 1. The van der Waals surface area contributed by atoms with E-state index in [1.165, 1.54) is 12.1 Å². The predicted octanol–water partition coefficient (Wildman–Crippen LogP) is 2.30. The molecule has 0 unspecified atom stereocenters. The summed E-state index contributed by atoms with van der Waals surface area (Å²) in [6, 6.07) is 6.07. The van der Waals surface area contributed by atoms with Crippen LogP contribution < -0.4 is 0 Å². The second-order valence-electron chi connectivity index (χ2n) is 4.74. The van der Waals surface area contributed by atoms with Gasteiger partial charge in [0.1, 0.15) is 11.5 Å². The highest BCUT2D eigenvalue weighted by Gasteiger charge is 2.22. The average Bonchev–Trinajstić information content (AvgIpc) is 2.27. The van der Waals surface area contributed by atoms with Gasteiger partial charge < -0.3 is 5.11 Å². The Kier molecular flexibility index (Phi) is 5.90. The Morgan fingerprint density at radius 3 is 2.37 bits per heavy atom. The molecule has 0 spiro atoms. The summed E-state index contributed by atoms with van der Waals surface area (Å²) in [5.74, 6) is -0.803. The monoisotopic (exact) mass is 286 g/mol. The molecule has 108 valence electrons. The van der Waals surface area contributed by atoms with Gasteiger partial charge in [0.25, 0.3) is 0 Å². The first kappa shape index (κ1) is 17.8. The van der Waals surface area contributed by atoms with Gasteiger partial charge in [-0.15, -0.1) is 0 Å². The molecule has 1 rings (SSSR count). The molecule has 0 bridgehead atoms. The molecular formula is C14H22O4S. The van der Waals surface area contributed by atoms with E-state index in [1.54, 1.807) is 32.9 Å². The highest BCUT2D eigenvalue weighted by Crippen LogP contribution is 2.23. The second kappa shape index (κ2) is 6.30. The van der Waals surface area contributed by atoms with E-state index < -0.39 is 21.2 Å². The van der Waals surface area contributed by atoms with Crippen LogP contribution in [-0.4, -0.2) is 25.1 Å². The van der Waals surface area contributed by atoms with Gasteiger partial charge in [0.05, 0.1) is 10.5 Å². The van der Waals surface area contributed by atoms with Gasteiger partial charge in [-0.1, -0.05) is 26.5 Å². The van der Waals surface area contributed by atoms with Crippen LogP contribution in [0.15, 0.2) is 29.2 Å². The van der Waals surface area contributed by atoms with Crippen LogP contribution in [-0.2, 0) is 20.2 Å². The van der Waals surface area contributed by atoms with E-state index in [0.29, 0.717) is 5.56 Å². The Morgan fingerprint density at radius 2 is 1.89 bits per heavy atom. The number of rotatable bonds is 5. The zero-order valence-corrected chi connectivity index (χ0v) is 11.6. The fourth-order valence-electron chi connectivity index (χ4n) is 1.47. The Balaban J connectivity index is 0.00000324. The minimum absolute atomic E-state index is 0. The third-order valence-corrected chi connectivity index (χ3v) is 4.32. The van der Waals surface area contributed by atoms with E-state index >= 15 is 0 Å². The molecule has 19 heavy (non-hydrogen) atoms. The first-order valence-corrected chi connectivity index (χ1v) is 7.39. The first-order valence-electron chi connectivity index (χ1n) is 5.74. The maximum Gasteiger partial charge on any atom is 0.185 e. The van der Waals surface area contributed by atoms with Crippen LogP contribution in [0, 0.1) is 0 Å². The fraction of sp³-hybridized carbons (Fsp3) is 0.500. The van der Waals surface area contributed by atoms with Crippen molar-refractivity contribution in [2.75, 3.05) is 5.75 Å². The highest BCUT2D eigenvalue weighted by atomic mass is 32.2. The van der Waals surface area contributed by atoms with Crippen LogP contribution in [0.5, 0.6) is 0 Å². The molecule has 0 atom stereocenters. The predicted molar refractivity (Wildman–Crippen MR) is 75.8 cm³/mol. The summed E-state index contributed by atoms with van der Waals surface area (Å²) in [5, 5.41) is 9.85. The summed E-state index contributed by atoms with van der Waals surface area (Å²) >= 11 is 0. The quantitative estimate of drug-likeness (QED) is 0.901. The van der Waals surface area contributed by atoms with Gasteiger partial charge in [0, 0.05) is 6.42 Å². The molecule has 0 fully saturated rings. The summed E-state index contributed by atoms with van der Waals surface area (Å²) < 4.78 is 24.0. The number of hydrogen-bond acceptors (Lipinski definition) is 4. The number of benzene rings is 1. The third kappa shape index (κ3) is 4.76. The molecule has 1 aromatic carbocycles. The van der Waals surface area contributed by atoms with E-state index in [2.05, 4.69) is 0 Å². The first-order chi connectivity index (χ1) is 8.16. The summed E-state index contributed by atoms with van der Waals surface area (Å²) in [7, 11) is -3.62. The number of sulfone groups is 1. The number of carbonyl (C=O) groups excluding carboxylic acids is 1. The van der Waals surface area contributed by atoms with Crippen LogP contribution in [0.1, 0.15) is 40.2 Å². The lowest BCUT2D eigenvalue weighted by atomic mass is 9.99. The van der Waals surface area contributed by atoms with E-state index in [4.69, 9.17) is 0 Å². The Morgan fingerprint density at radius 1 is 1.32 bits per heavy atom. The maximum atomic E-state index is 12.0. The van der Waals surface area contributed by atoms with Gasteiger partial charge in [-0.3, -0.25) is 4.79 Å². The number of aliphatic hydroxyl groups is 1. The van der Waals surface area contributed by atoms with E-state index in [0.717, 1.165) is 0 Å². The van der Waals surface area contributed by atoms with Gasteiger partial charge >= 0.3 is 0 Å². The summed E-state index contributed by atoms with van der Waals surface area (Å²) in [4.78, 5) is 11.3. The SMILES string of the molecule is C.CCC(=O)CS(=O)(=O)c1cccc(C(C)(C)O)c1. The van der Waals surface area contributed by atoms with Crippen molar-refractivity contribution < 1.29 is 18.3 Å². The van der Waals surface area contributed by atoms with Gasteiger partial charge in [-0.25, -0.2) is 8.42 Å². The Hall–Kier alpha value is -1.20. The molecule has 4 nitrogen and oxygen atoms in total. The smallest absolute Gasteiger partial charge is 0.185 e. The largest absolute Gasteiger partial charge is 0.386 e. The molecule has 0 aromatic heterocycles. The molecule has 0 heterocycles. The van der Waals surface area contributed by atoms with Gasteiger partial charge in [-0.2, -0.15) is 0 Å². The lowest BCUT2D eigenvalue weighted by Crippen LogP contribution is -2.18. The molecule has 5 heteroatoms. The zero-order chi connectivity index (χ0) is 14.0. The summed E-state index contributed by atoms with van der Waals surface area (Å²) in [6.45, 7) is 4.79. The van der Waals surface area contributed by atoms with Crippen molar-refractivity contribution in [1.29, 1.82) is 0 Å². The van der Waals surface area contributed by atoms with Crippen molar-refractivity contribution in [1.82, 2.24) is 0 Å². The fourth-order valence-corrected chi connectivity index (χ4v) is 2.85. The van der Waals surface area contributed by atoms with E-state index in [9.17, 15) is 18.3 Å². The molecule has 1 aromatic rings. The molecule has 1 N–H and O–H groups in total. The van der Waals surface area contributed by atoms with Crippen molar-refractivity contribution in [3.8, 4) is 0 Å². The molecule has 0 amide bonds. The highest BCUT2D eigenvalue weighted by molar-refractivity contribution is 7.92. The molecular weight excluding hydrogens is 264 g/mol. The summed E-state index contributed by atoms with van der Waals surface area (Å²) in [6.07, 6.45) is 0.199. The minimum atomic E-state index is -3.62. The average molecular weight is 286 g/mol. The van der Waals surface area contributed by atoms with Crippen LogP contribution in [0.4, 0.5) is 0 Å². The van der Waals surface area contributed by atoms with E-state index in [1.807, 2.05) is 0 Å². The zero-order valence-electron chi connectivity index (χ0n) is 10.8. The third-order valence-electron chi connectivity index (χ3n) is 2.64. The van der Waals surface area contributed by atoms with Crippen molar-refractivity contribution in [2.45, 2.75) is 45.1 Å². The molecule has 0 aliphatic heterocycles. The standard InChI is InChI=1S/C13H18O4S.CH4/c1-4-11(14)9-18(16,17)12-7-5-6-10(8-12)13(2,3)15;/h5-8,15H,4,9H2,1-3H3;1H4. The number of hydrogen-bond donors (Lipinski definition) is 1.